The van der Waals surface area contributed by atoms with Crippen molar-refractivity contribution in [3.05, 3.63) is 52.5 Å². The van der Waals surface area contributed by atoms with Crippen molar-refractivity contribution in [3.8, 4) is 0 Å². The van der Waals surface area contributed by atoms with Gasteiger partial charge >= 0.3 is 0 Å². The number of aliphatic imine (C=N–C) groups is 1. The van der Waals surface area contributed by atoms with Crippen molar-refractivity contribution in [1.82, 2.24) is 19.5 Å². The third kappa shape index (κ3) is 7.92. The van der Waals surface area contributed by atoms with Crippen LogP contribution in [-0.2, 0) is 35.0 Å². The zero-order valence-corrected chi connectivity index (χ0v) is 23.0. The number of amides is 3. The first-order valence-corrected chi connectivity index (χ1v) is 14.6. The van der Waals surface area contributed by atoms with Crippen LogP contribution in [0.3, 0.4) is 0 Å². The molecule has 1 fully saturated rings. The third-order valence-electron chi connectivity index (χ3n) is 5.84. The Labute approximate surface area is 234 Å². The predicted octanol–water partition coefficient (Wildman–Crippen LogP) is -0.977. The van der Waals surface area contributed by atoms with E-state index in [2.05, 4.69) is 15.3 Å². The van der Waals surface area contributed by atoms with Gasteiger partial charge in [0.1, 0.15) is 25.4 Å². The van der Waals surface area contributed by atoms with Crippen LogP contribution in [0.15, 0.2) is 46.9 Å². The first kappa shape index (κ1) is 30.4. The Morgan fingerprint density at radius 2 is 1.95 bits per heavy atom. The van der Waals surface area contributed by atoms with Crippen molar-refractivity contribution in [1.29, 1.82) is 0 Å². The van der Waals surface area contributed by atoms with Gasteiger partial charge in [0.2, 0.25) is 27.6 Å². The summed E-state index contributed by atoms with van der Waals surface area (Å²) in [6.07, 6.45) is 1.71. The maximum Gasteiger partial charge on any atom is 0.256 e. The lowest BCUT2D eigenvalue weighted by molar-refractivity contribution is -0.152. The molecule has 40 heavy (non-hydrogen) atoms. The number of nitrogens with one attached hydrogen (secondary N) is 1. The average Bonchev–Trinajstić information content (AvgIpc) is 3.43. The lowest BCUT2D eigenvalue weighted by Gasteiger charge is -2.38. The van der Waals surface area contributed by atoms with Crippen molar-refractivity contribution < 1.29 is 32.4 Å². The van der Waals surface area contributed by atoms with E-state index in [0.717, 1.165) is 16.2 Å². The Morgan fingerprint density at radius 1 is 1.23 bits per heavy atom. The Morgan fingerprint density at radius 3 is 2.58 bits per heavy atom. The number of ketones is 1. The van der Waals surface area contributed by atoms with Crippen LogP contribution in [0.2, 0.25) is 0 Å². The number of aldehydes is 1. The van der Waals surface area contributed by atoms with Crippen molar-refractivity contribution in [2.24, 2.45) is 16.5 Å². The largest absolute Gasteiger partial charge is 0.370 e. The number of piperazine rings is 1. The molecule has 2 atom stereocenters. The fourth-order valence-electron chi connectivity index (χ4n) is 4.10. The summed E-state index contributed by atoms with van der Waals surface area (Å²) in [5, 5.41) is 4.33. The van der Waals surface area contributed by atoms with Crippen molar-refractivity contribution in [3.63, 3.8) is 0 Å². The number of thiazole rings is 1. The number of sulfonamides is 1. The van der Waals surface area contributed by atoms with E-state index >= 15 is 0 Å². The summed E-state index contributed by atoms with van der Waals surface area (Å²) in [4.78, 5) is 72.0. The molecule has 2 aromatic rings. The number of carbonyl (C=O) groups is 5. The second-order valence-corrected chi connectivity index (χ2v) is 11.6. The highest BCUT2D eigenvalue weighted by molar-refractivity contribution is 7.88. The summed E-state index contributed by atoms with van der Waals surface area (Å²) in [6, 6.07) is 5.42. The first-order chi connectivity index (χ1) is 19.0. The van der Waals surface area contributed by atoms with Gasteiger partial charge in [0.15, 0.2) is 11.0 Å². The third-order valence-corrected chi connectivity index (χ3v) is 8.38. The number of hydrogen-bond acceptors (Lipinski definition) is 10. The number of nitrogens with zero attached hydrogens (tertiary/aromatic N) is 4. The molecule has 1 saturated heterocycles. The number of guanidine groups is 1. The maximum atomic E-state index is 13.2. The molecular weight excluding hydrogens is 562 g/mol. The molecule has 16 heteroatoms. The molecule has 0 bridgehead atoms. The molecule has 0 spiro atoms. The van der Waals surface area contributed by atoms with Gasteiger partial charge in [0, 0.05) is 24.5 Å². The Balaban J connectivity index is 1.73. The minimum Gasteiger partial charge on any atom is -0.370 e. The molecule has 1 aromatic heterocycles. The van der Waals surface area contributed by atoms with E-state index < -0.39 is 70.9 Å². The van der Waals surface area contributed by atoms with Gasteiger partial charge in [0.25, 0.3) is 5.91 Å². The first-order valence-electron chi connectivity index (χ1n) is 12.1. The van der Waals surface area contributed by atoms with E-state index in [1.54, 1.807) is 35.7 Å². The van der Waals surface area contributed by atoms with Crippen LogP contribution in [0.25, 0.3) is 0 Å². The van der Waals surface area contributed by atoms with Crippen LogP contribution in [0.5, 0.6) is 0 Å². The van der Waals surface area contributed by atoms with Crippen molar-refractivity contribution in [2.75, 3.05) is 19.6 Å². The van der Waals surface area contributed by atoms with Gasteiger partial charge in [-0.1, -0.05) is 30.3 Å². The summed E-state index contributed by atoms with van der Waals surface area (Å²) in [7, 11) is -4.32. The van der Waals surface area contributed by atoms with Gasteiger partial charge in [-0.2, -0.15) is 0 Å². The molecule has 5 N–H and O–H groups in total. The van der Waals surface area contributed by atoms with E-state index in [0.29, 0.717) is 22.6 Å². The van der Waals surface area contributed by atoms with Gasteiger partial charge in [0.05, 0.1) is 11.8 Å². The fourth-order valence-corrected chi connectivity index (χ4v) is 6.42. The Hall–Kier alpha value is -4.18. The number of rotatable bonds is 14. The van der Waals surface area contributed by atoms with E-state index in [1.165, 1.54) is 6.20 Å². The number of nitrogens with two attached hydrogens (primary N) is 2. The Kier molecular flexibility index (Phi) is 10.4. The monoisotopic (exact) mass is 591 g/mol. The smallest absolute Gasteiger partial charge is 0.256 e. The van der Waals surface area contributed by atoms with Gasteiger partial charge in [-0.3, -0.25) is 24.2 Å². The van der Waals surface area contributed by atoms with Gasteiger partial charge in [-0.05, 0) is 18.4 Å². The molecule has 0 saturated carbocycles. The lowest BCUT2D eigenvalue weighted by atomic mass is 10.1. The second-order valence-electron chi connectivity index (χ2n) is 8.81. The van der Waals surface area contributed by atoms with Crippen LogP contribution >= 0.6 is 11.3 Å². The Bertz CT molecular complexity index is 1360. The van der Waals surface area contributed by atoms with Crippen molar-refractivity contribution >= 4 is 57.1 Å². The van der Waals surface area contributed by atoms with Crippen LogP contribution in [0.1, 0.15) is 34.6 Å². The van der Waals surface area contributed by atoms with E-state index in [9.17, 15) is 32.4 Å². The van der Waals surface area contributed by atoms with E-state index in [1.807, 2.05) is 0 Å². The summed E-state index contributed by atoms with van der Waals surface area (Å²) in [5.74, 6) is -3.72. The van der Waals surface area contributed by atoms with Crippen LogP contribution in [-0.4, -0.2) is 90.1 Å². The molecule has 14 nitrogen and oxygen atoms in total. The van der Waals surface area contributed by atoms with Gasteiger partial charge < -0.3 is 26.5 Å². The van der Waals surface area contributed by atoms with E-state index in [4.69, 9.17) is 11.5 Å². The number of aromatic nitrogens is 1. The quantitative estimate of drug-likeness (QED) is 0.0802. The second kappa shape index (κ2) is 13.7. The van der Waals surface area contributed by atoms with Gasteiger partial charge in [-0.25, -0.2) is 17.7 Å². The lowest BCUT2D eigenvalue weighted by Crippen LogP contribution is -2.63. The molecule has 0 aliphatic carbocycles. The number of carbonyl (C=O) groups excluding carboxylic acids is 5. The standard InChI is InChI=1S/C24H29N7O7S2/c25-24(26)28-9-4-7-17(21(35)22-27-10-12-39-22)29-19(33)13-30-14-20(34)31(18(8-11-32)23(30)36)40(37,38)15-16-5-2-1-3-6-16/h1-3,5-6,10-12,17-18H,4,7-9,13-15H2,(H,29,33)(H4,25,26,28)/t17-,18?/m0/s1. The summed E-state index contributed by atoms with van der Waals surface area (Å²) >= 11 is 1.09. The molecule has 1 aliphatic heterocycles. The minimum atomic E-state index is -4.32. The average molecular weight is 592 g/mol. The molecule has 1 unspecified atom stereocenters. The summed E-state index contributed by atoms with van der Waals surface area (Å²) in [5.41, 5.74) is 11.0. The molecule has 2 heterocycles. The zero-order valence-electron chi connectivity index (χ0n) is 21.3. The molecule has 214 valence electrons. The number of benzene rings is 1. The summed E-state index contributed by atoms with van der Waals surface area (Å²) < 4.78 is 26.6. The highest BCUT2D eigenvalue weighted by Crippen LogP contribution is 2.22. The van der Waals surface area contributed by atoms with Crippen LogP contribution < -0.4 is 16.8 Å². The fraction of sp³-hybridized carbons (Fsp3) is 0.375. The normalized spacial score (nSPS) is 16.4. The molecule has 1 aliphatic rings. The summed E-state index contributed by atoms with van der Waals surface area (Å²) in [6.45, 7) is -1.13. The SMILES string of the molecule is NC(N)=NCCC[C@H](NC(=O)CN1CC(=O)N(S(=O)(=O)Cc2ccccc2)C(CC=O)C1=O)C(=O)c1nccs1. The highest BCUT2D eigenvalue weighted by atomic mass is 32.2. The number of hydrogen-bond donors (Lipinski definition) is 3. The molecule has 1 aromatic carbocycles. The van der Waals surface area contributed by atoms with Gasteiger partial charge in [-0.15, -0.1) is 11.3 Å². The minimum absolute atomic E-state index is 0.121. The van der Waals surface area contributed by atoms with Crippen molar-refractivity contribution in [2.45, 2.75) is 37.1 Å². The molecular formula is C24H29N7O7S2. The molecule has 3 amide bonds. The molecule has 0 radical (unpaired) electrons. The van der Waals surface area contributed by atoms with Crippen LogP contribution in [0, 0.1) is 0 Å². The van der Waals surface area contributed by atoms with Crippen LogP contribution in [0.4, 0.5) is 0 Å². The van der Waals surface area contributed by atoms with E-state index in [-0.39, 0.29) is 23.9 Å². The topological polar surface area (TPSA) is 215 Å². The maximum absolute atomic E-state index is 13.2. The number of Topliss-reactive ketones (excluding diaryl/α,β-unsaturated/α-hetero) is 1. The highest BCUT2D eigenvalue weighted by Gasteiger charge is 2.45. The predicted molar refractivity (Wildman–Crippen MR) is 145 cm³/mol. The molecule has 3 rings (SSSR count). The zero-order chi connectivity index (χ0) is 29.3.